The zero-order valence-corrected chi connectivity index (χ0v) is 7.39. The monoisotopic (exact) mass is 170 g/mol. The van der Waals surface area contributed by atoms with Crippen molar-refractivity contribution in [3.05, 3.63) is 29.0 Å². The van der Waals surface area contributed by atoms with Gasteiger partial charge in [0, 0.05) is 6.20 Å². The van der Waals surface area contributed by atoms with Gasteiger partial charge in [-0.15, -0.1) is 0 Å². The quantitative estimate of drug-likeness (QED) is 0.700. The Bertz CT molecular complexity index is 235. The third kappa shape index (κ3) is 2.17. The molecule has 0 bridgehead atoms. The second kappa shape index (κ2) is 2.80. The highest BCUT2D eigenvalue weighted by molar-refractivity contribution is 6.30. The number of rotatable bonds is 1. The molecular formula is C8H11ClN2. The summed E-state index contributed by atoms with van der Waals surface area (Å²) in [7, 11) is 0. The van der Waals surface area contributed by atoms with E-state index in [4.69, 9.17) is 17.3 Å². The highest BCUT2D eigenvalue weighted by Gasteiger charge is 2.14. The van der Waals surface area contributed by atoms with Crippen LogP contribution in [0, 0.1) is 0 Å². The Morgan fingerprint density at radius 2 is 2.09 bits per heavy atom. The van der Waals surface area contributed by atoms with Crippen LogP contribution in [-0.2, 0) is 5.54 Å². The van der Waals surface area contributed by atoms with Gasteiger partial charge < -0.3 is 5.73 Å². The van der Waals surface area contributed by atoms with Gasteiger partial charge in [0.2, 0.25) is 0 Å². The molecule has 0 fully saturated rings. The van der Waals surface area contributed by atoms with Gasteiger partial charge in [-0.25, -0.2) is 0 Å². The Kier molecular flexibility index (Phi) is 2.16. The minimum Gasteiger partial charge on any atom is -0.321 e. The van der Waals surface area contributed by atoms with Crippen molar-refractivity contribution in [2.45, 2.75) is 19.4 Å². The molecule has 0 aliphatic heterocycles. The number of hydrogen-bond donors (Lipinski definition) is 1. The molecule has 0 aliphatic rings. The van der Waals surface area contributed by atoms with E-state index in [0.29, 0.717) is 5.02 Å². The molecule has 0 spiro atoms. The highest BCUT2D eigenvalue weighted by Crippen LogP contribution is 2.15. The molecule has 0 radical (unpaired) electrons. The number of hydrogen-bond acceptors (Lipinski definition) is 2. The van der Waals surface area contributed by atoms with Crippen molar-refractivity contribution in [1.29, 1.82) is 0 Å². The molecular weight excluding hydrogens is 160 g/mol. The molecule has 0 saturated heterocycles. The number of halogens is 1. The molecule has 2 N–H and O–H groups in total. The summed E-state index contributed by atoms with van der Waals surface area (Å²) < 4.78 is 0. The molecule has 3 heteroatoms. The molecule has 1 heterocycles. The maximum atomic E-state index is 5.80. The predicted octanol–water partition coefficient (Wildman–Crippen LogP) is 1.93. The van der Waals surface area contributed by atoms with E-state index >= 15 is 0 Å². The molecule has 0 atom stereocenters. The van der Waals surface area contributed by atoms with Gasteiger partial charge in [0.25, 0.3) is 0 Å². The van der Waals surface area contributed by atoms with Gasteiger partial charge >= 0.3 is 0 Å². The molecule has 0 unspecified atom stereocenters. The third-order valence-electron chi connectivity index (χ3n) is 1.39. The van der Waals surface area contributed by atoms with Crippen molar-refractivity contribution in [3.8, 4) is 0 Å². The Labute approximate surface area is 71.4 Å². The first-order chi connectivity index (χ1) is 5.00. The van der Waals surface area contributed by atoms with Crippen molar-refractivity contribution in [2.75, 3.05) is 0 Å². The minimum absolute atomic E-state index is 0.384. The van der Waals surface area contributed by atoms with Gasteiger partial charge in [0.15, 0.2) is 0 Å². The van der Waals surface area contributed by atoms with Crippen LogP contribution in [0.25, 0.3) is 0 Å². The Hall–Kier alpha value is -0.600. The predicted molar refractivity (Wildman–Crippen MR) is 46.5 cm³/mol. The first kappa shape index (κ1) is 8.50. The number of pyridine rings is 1. The summed E-state index contributed by atoms with van der Waals surface area (Å²) in [5.74, 6) is 0. The van der Waals surface area contributed by atoms with Crippen molar-refractivity contribution >= 4 is 11.6 Å². The lowest BCUT2D eigenvalue weighted by atomic mass is 10.0. The smallest absolute Gasteiger partial charge is 0.0597 e. The van der Waals surface area contributed by atoms with E-state index in [2.05, 4.69) is 4.98 Å². The van der Waals surface area contributed by atoms with Crippen LogP contribution < -0.4 is 5.73 Å². The fraction of sp³-hybridized carbons (Fsp3) is 0.375. The summed E-state index contributed by atoms with van der Waals surface area (Å²) >= 11 is 5.66. The summed E-state index contributed by atoms with van der Waals surface area (Å²) in [6.45, 7) is 3.81. The van der Waals surface area contributed by atoms with E-state index in [1.165, 1.54) is 0 Å². The zero-order chi connectivity index (χ0) is 8.48. The van der Waals surface area contributed by atoms with Gasteiger partial charge in [-0.05, 0) is 26.0 Å². The van der Waals surface area contributed by atoms with Crippen LogP contribution in [0.1, 0.15) is 19.5 Å². The maximum Gasteiger partial charge on any atom is 0.0597 e. The lowest BCUT2D eigenvalue weighted by Gasteiger charge is -2.16. The van der Waals surface area contributed by atoms with Crippen LogP contribution in [0.5, 0.6) is 0 Å². The van der Waals surface area contributed by atoms with E-state index in [1.54, 1.807) is 12.3 Å². The molecule has 1 aromatic heterocycles. The van der Waals surface area contributed by atoms with Gasteiger partial charge in [0.05, 0.1) is 16.3 Å². The van der Waals surface area contributed by atoms with Gasteiger partial charge in [-0.2, -0.15) is 0 Å². The highest BCUT2D eigenvalue weighted by atomic mass is 35.5. The summed E-state index contributed by atoms with van der Waals surface area (Å²) in [6, 6.07) is 3.63. The fourth-order valence-corrected chi connectivity index (χ4v) is 0.869. The average molecular weight is 171 g/mol. The topological polar surface area (TPSA) is 38.9 Å². The summed E-state index contributed by atoms with van der Waals surface area (Å²) in [5.41, 5.74) is 6.27. The first-order valence-corrected chi connectivity index (χ1v) is 3.79. The van der Waals surface area contributed by atoms with Crippen LogP contribution in [-0.4, -0.2) is 4.98 Å². The summed E-state index contributed by atoms with van der Waals surface area (Å²) in [4.78, 5) is 4.09. The van der Waals surface area contributed by atoms with Crippen molar-refractivity contribution < 1.29 is 0 Å². The largest absolute Gasteiger partial charge is 0.321 e. The average Bonchev–Trinajstić information content (AvgIpc) is 1.86. The van der Waals surface area contributed by atoms with Crippen molar-refractivity contribution in [3.63, 3.8) is 0 Å². The van der Waals surface area contributed by atoms with Gasteiger partial charge in [0.1, 0.15) is 0 Å². The molecule has 0 aliphatic carbocycles. The van der Waals surface area contributed by atoms with E-state index in [1.807, 2.05) is 19.9 Å². The lowest BCUT2D eigenvalue weighted by Crippen LogP contribution is -2.29. The fourth-order valence-electron chi connectivity index (χ4n) is 0.757. The molecule has 1 aromatic rings. The van der Waals surface area contributed by atoms with E-state index in [-0.39, 0.29) is 5.54 Å². The van der Waals surface area contributed by atoms with Crippen molar-refractivity contribution in [1.82, 2.24) is 4.98 Å². The number of nitrogens with zero attached hydrogens (tertiary/aromatic N) is 1. The van der Waals surface area contributed by atoms with Crippen LogP contribution in [0.15, 0.2) is 18.3 Å². The molecule has 2 nitrogen and oxygen atoms in total. The Morgan fingerprint density at radius 1 is 1.45 bits per heavy atom. The Morgan fingerprint density at radius 3 is 2.45 bits per heavy atom. The second-order valence-corrected chi connectivity index (χ2v) is 3.52. The molecule has 0 aromatic carbocycles. The zero-order valence-electron chi connectivity index (χ0n) is 6.63. The van der Waals surface area contributed by atoms with E-state index < -0.39 is 0 Å². The molecule has 60 valence electrons. The molecule has 1 rings (SSSR count). The minimum atomic E-state index is -0.384. The van der Waals surface area contributed by atoms with Crippen LogP contribution >= 0.6 is 11.6 Å². The molecule has 0 amide bonds. The van der Waals surface area contributed by atoms with Crippen LogP contribution in [0.2, 0.25) is 5.02 Å². The standard InChI is InChI=1S/C8H11ClN2/c1-8(2,10)7-4-3-6(9)5-11-7/h3-5H,10H2,1-2H3. The van der Waals surface area contributed by atoms with Crippen LogP contribution in [0.4, 0.5) is 0 Å². The van der Waals surface area contributed by atoms with Gasteiger partial charge in [-0.1, -0.05) is 11.6 Å². The van der Waals surface area contributed by atoms with E-state index in [9.17, 15) is 0 Å². The molecule has 0 saturated carbocycles. The van der Waals surface area contributed by atoms with E-state index in [0.717, 1.165) is 5.69 Å². The summed E-state index contributed by atoms with van der Waals surface area (Å²) in [5, 5.41) is 0.637. The first-order valence-electron chi connectivity index (χ1n) is 3.41. The maximum absolute atomic E-state index is 5.80. The summed E-state index contributed by atoms with van der Waals surface area (Å²) in [6.07, 6.45) is 1.60. The lowest BCUT2D eigenvalue weighted by molar-refractivity contribution is 0.535. The third-order valence-corrected chi connectivity index (χ3v) is 1.61. The van der Waals surface area contributed by atoms with Gasteiger partial charge in [-0.3, -0.25) is 4.98 Å². The normalized spacial score (nSPS) is 11.6. The Balaban J connectivity index is 2.99. The second-order valence-electron chi connectivity index (χ2n) is 3.08. The van der Waals surface area contributed by atoms with Crippen LogP contribution in [0.3, 0.4) is 0 Å². The molecule has 11 heavy (non-hydrogen) atoms. The SMILES string of the molecule is CC(C)(N)c1ccc(Cl)cn1. The number of aromatic nitrogens is 1. The van der Waals surface area contributed by atoms with Crippen molar-refractivity contribution in [2.24, 2.45) is 5.73 Å². The number of nitrogens with two attached hydrogens (primary N) is 1.